The van der Waals surface area contributed by atoms with E-state index in [2.05, 4.69) is 16.8 Å². The van der Waals surface area contributed by atoms with Crippen LogP contribution in [-0.4, -0.2) is 53.9 Å². The molecule has 1 aliphatic carbocycles. The molecule has 5 rings (SSSR count). The fourth-order valence-corrected chi connectivity index (χ4v) is 4.18. The molecule has 3 atom stereocenters. The first-order chi connectivity index (χ1) is 13.1. The SMILES string of the molecule is C=CC(=O)N1CC2C[C@H](Oc3nc(-c4cnn(C)c4)cn4nccc34)CC21. The van der Waals surface area contributed by atoms with Gasteiger partial charge >= 0.3 is 0 Å². The third-order valence-corrected chi connectivity index (χ3v) is 5.54. The Hall–Kier alpha value is -3.16. The van der Waals surface area contributed by atoms with E-state index in [0.29, 0.717) is 11.8 Å². The van der Waals surface area contributed by atoms with Crippen LogP contribution in [0.2, 0.25) is 0 Å². The van der Waals surface area contributed by atoms with Crippen molar-refractivity contribution in [1.82, 2.24) is 29.3 Å². The Morgan fingerprint density at radius 2 is 2.22 bits per heavy atom. The van der Waals surface area contributed by atoms with Crippen molar-refractivity contribution < 1.29 is 9.53 Å². The van der Waals surface area contributed by atoms with Gasteiger partial charge in [-0.15, -0.1) is 0 Å². The average Bonchev–Trinajstić information content (AvgIpc) is 3.36. The summed E-state index contributed by atoms with van der Waals surface area (Å²) in [5.41, 5.74) is 2.51. The Kier molecular flexibility index (Phi) is 3.53. The molecule has 138 valence electrons. The van der Waals surface area contributed by atoms with Crippen LogP contribution in [0.3, 0.4) is 0 Å². The summed E-state index contributed by atoms with van der Waals surface area (Å²) < 4.78 is 9.82. The van der Waals surface area contributed by atoms with Gasteiger partial charge in [-0.25, -0.2) is 9.50 Å². The van der Waals surface area contributed by atoms with E-state index in [4.69, 9.17) is 9.72 Å². The highest BCUT2D eigenvalue weighted by molar-refractivity contribution is 5.88. The van der Waals surface area contributed by atoms with Crippen LogP contribution in [0.25, 0.3) is 16.8 Å². The predicted octanol–water partition coefficient (Wildman–Crippen LogP) is 1.68. The maximum absolute atomic E-state index is 11.9. The molecule has 27 heavy (non-hydrogen) atoms. The molecule has 8 heteroatoms. The van der Waals surface area contributed by atoms with Crippen LogP contribution >= 0.6 is 0 Å². The van der Waals surface area contributed by atoms with Gasteiger partial charge in [-0.3, -0.25) is 9.48 Å². The standard InChI is InChI=1S/C19H20N6O2/c1-3-18(26)24-10-12-6-14(7-17(12)24)27-19-16-4-5-20-25(16)11-15(22-19)13-8-21-23(2)9-13/h3-5,8-9,11-12,14,17H,1,6-7,10H2,2H3/t12?,14-,17?/m0/s1. The van der Waals surface area contributed by atoms with Crippen molar-refractivity contribution in [3.8, 4) is 17.1 Å². The molecule has 1 saturated heterocycles. The van der Waals surface area contributed by atoms with E-state index in [1.165, 1.54) is 6.08 Å². The number of carbonyl (C=O) groups excluding carboxylic acids is 1. The number of carbonyl (C=O) groups is 1. The van der Waals surface area contributed by atoms with Gasteiger partial charge in [-0.05, 0) is 18.6 Å². The maximum Gasteiger partial charge on any atom is 0.246 e. The van der Waals surface area contributed by atoms with E-state index in [1.54, 1.807) is 21.6 Å². The van der Waals surface area contributed by atoms with Crippen LogP contribution in [0.5, 0.6) is 5.88 Å². The lowest BCUT2D eigenvalue weighted by atomic mass is 9.92. The number of rotatable bonds is 4. The van der Waals surface area contributed by atoms with Crippen molar-refractivity contribution in [3.05, 3.63) is 43.5 Å². The third kappa shape index (κ3) is 2.59. The van der Waals surface area contributed by atoms with Gasteiger partial charge in [0, 0.05) is 43.7 Å². The zero-order valence-corrected chi connectivity index (χ0v) is 15.0. The maximum atomic E-state index is 11.9. The van der Waals surface area contributed by atoms with Crippen molar-refractivity contribution in [3.63, 3.8) is 0 Å². The van der Waals surface area contributed by atoms with Crippen LogP contribution < -0.4 is 4.74 Å². The Morgan fingerprint density at radius 1 is 1.33 bits per heavy atom. The molecule has 1 saturated carbocycles. The first-order valence-corrected chi connectivity index (χ1v) is 9.05. The first-order valence-electron chi connectivity index (χ1n) is 9.05. The van der Waals surface area contributed by atoms with Crippen molar-refractivity contribution in [1.29, 1.82) is 0 Å². The topological polar surface area (TPSA) is 77.6 Å². The summed E-state index contributed by atoms with van der Waals surface area (Å²) in [5, 5.41) is 8.56. The number of hydrogen-bond donors (Lipinski definition) is 0. The molecule has 3 aromatic heterocycles. The highest BCUT2D eigenvalue weighted by atomic mass is 16.5. The van der Waals surface area contributed by atoms with Crippen LogP contribution in [-0.2, 0) is 11.8 Å². The minimum atomic E-state index is 0.00628. The summed E-state index contributed by atoms with van der Waals surface area (Å²) in [4.78, 5) is 18.5. The Bertz CT molecular complexity index is 1040. The first kappa shape index (κ1) is 16.0. The highest BCUT2D eigenvalue weighted by Gasteiger charge is 2.48. The van der Waals surface area contributed by atoms with E-state index in [-0.39, 0.29) is 18.1 Å². The number of aryl methyl sites for hydroxylation is 1. The largest absolute Gasteiger partial charge is 0.473 e. The van der Waals surface area contributed by atoms with E-state index in [0.717, 1.165) is 36.2 Å². The van der Waals surface area contributed by atoms with E-state index in [9.17, 15) is 4.79 Å². The predicted molar refractivity (Wildman–Crippen MR) is 98.0 cm³/mol. The van der Waals surface area contributed by atoms with Gasteiger partial charge in [-0.1, -0.05) is 6.58 Å². The molecule has 1 amide bonds. The van der Waals surface area contributed by atoms with Gasteiger partial charge in [0.2, 0.25) is 11.8 Å². The molecule has 4 heterocycles. The molecule has 0 N–H and O–H groups in total. The molecule has 1 aliphatic heterocycles. The second kappa shape index (κ2) is 5.94. The minimum absolute atomic E-state index is 0.00628. The monoisotopic (exact) mass is 364 g/mol. The fraction of sp³-hybridized carbons (Fsp3) is 0.368. The molecule has 0 spiro atoms. The normalized spacial score (nSPS) is 23.9. The van der Waals surface area contributed by atoms with E-state index in [1.807, 2.05) is 30.4 Å². The number of hydrogen-bond acceptors (Lipinski definition) is 5. The molecule has 0 bridgehead atoms. The van der Waals surface area contributed by atoms with Crippen molar-refractivity contribution in [2.45, 2.75) is 25.0 Å². The quantitative estimate of drug-likeness (QED) is 0.659. The van der Waals surface area contributed by atoms with E-state index >= 15 is 0 Å². The molecule has 8 nitrogen and oxygen atoms in total. The van der Waals surface area contributed by atoms with Gasteiger partial charge < -0.3 is 9.64 Å². The zero-order valence-electron chi connectivity index (χ0n) is 15.0. The Balaban J connectivity index is 1.41. The number of likely N-dealkylation sites (tertiary alicyclic amines) is 1. The zero-order chi connectivity index (χ0) is 18.5. The number of amides is 1. The van der Waals surface area contributed by atoms with Gasteiger partial charge in [0.25, 0.3) is 0 Å². The van der Waals surface area contributed by atoms with Gasteiger partial charge in [-0.2, -0.15) is 10.2 Å². The summed E-state index contributed by atoms with van der Waals surface area (Å²) in [6, 6.07) is 2.15. The highest BCUT2D eigenvalue weighted by Crippen LogP contribution is 2.41. The number of ether oxygens (including phenoxy) is 1. The van der Waals surface area contributed by atoms with Crippen LogP contribution in [0.15, 0.2) is 43.5 Å². The number of fused-ring (bicyclic) bond motifs is 2. The van der Waals surface area contributed by atoms with E-state index < -0.39 is 0 Å². The lowest BCUT2D eigenvalue weighted by Gasteiger charge is -2.43. The van der Waals surface area contributed by atoms with Crippen molar-refractivity contribution in [2.75, 3.05) is 6.54 Å². The van der Waals surface area contributed by atoms with Crippen molar-refractivity contribution >= 4 is 11.4 Å². The minimum Gasteiger partial charge on any atom is -0.473 e. The van der Waals surface area contributed by atoms with Crippen molar-refractivity contribution in [2.24, 2.45) is 13.0 Å². The molecule has 2 aliphatic rings. The molecule has 2 unspecified atom stereocenters. The molecule has 2 fully saturated rings. The Labute approximate surface area is 156 Å². The number of nitrogens with zero attached hydrogens (tertiary/aromatic N) is 6. The summed E-state index contributed by atoms with van der Waals surface area (Å²) in [7, 11) is 1.87. The smallest absolute Gasteiger partial charge is 0.246 e. The summed E-state index contributed by atoms with van der Waals surface area (Å²) in [5.74, 6) is 1.08. The van der Waals surface area contributed by atoms with Crippen LogP contribution in [0, 0.1) is 5.92 Å². The van der Waals surface area contributed by atoms with Crippen LogP contribution in [0.1, 0.15) is 12.8 Å². The molecule has 0 radical (unpaired) electrons. The Morgan fingerprint density at radius 3 is 3.00 bits per heavy atom. The second-order valence-electron chi connectivity index (χ2n) is 7.23. The molecule has 3 aromatic rings. The van der Waals surface area contributed by atoms with Gasteiger partial charge in [0.15, 0.2) is 0 Å². The lowest BCUT2D eigenvalue weighted by molar-refractivity contribution is -0.136. The van der Waals surface area contributed by atoms with Gasteiger partial charge in [0.05, 0.1) is 24.3 Å². The summed E-state index contributed by atoms with van der Waals surface area (Å²) in [6.45, 7) is 4.38. The second-order valence-corrected chi connectivity index (χ2v) is 7.23. The van der Waals surface area contributed by atoms with Gasteiger partial charge in [0.1, 0.15) is 11.6 Å². The summed E-state index contributed by atoms with van der Waals surface area (Å²) >= 11 is 0. The molecular formula is C19H20N6O2. The molecular weight excluding hydrogens is 344 g/mol. The lowest BCUT2D eigenvalue weighted by Crippen LogP contribution is -2.55. The third-order valence-electron chi connectivity index (χ3n) is 5.54. The average molecular weight is 364 g/mol. The fourth-order valence-electron chi connectivity index (χ4n) is 4.18. The van der Waals surface area contributed by atoms with Crippen LogP contribution in [0.4, 0.5) is 0 Å². The number of aromatic nitrogens is 5. The molecule has 0 aromatic carbocycles. The summed E-state index contributed by atoms with van der Waals surface area (Å²) in [6.07, 6.45) is 10.5.